The zero-order chi connectivity index (χ0) is 21.6. The maximum Gasteiger partial charge on any atom is 0.208 e. The quantitative estimate of drug-likeness (QED) is 0.483. The molecule has 8 unspecified atom stereocenters. The molecule has 29 heavy (non-hydrogen) atoms. The lowest BCUT2D eigenvalue weighted by Gasteiger charge is -2.58. The minimum Gasteiger partial charge on any atom is -0.396 e. The zero-order valence-corrected chi connectivity index (χ0v) is 18.9. The first-order chi connectivity index (χ1) is 13.5. The van der Waals surface area contributed by atoms with E-state index in [9.17, 15) is 23.7 Å². The second-order valence-electron chi connectivity index (χ2n) is 10.3. The Kier molecular flexibility index (Phi) is 6.58. The first kappa shape index (κ1) is 23.2. The topological polar surface area (TPSA) is 107 Å². The molecule has 168 valence electrons. The van der Waals surface area contributed by atoms with Crippen LogP contribution in [0.3, 0.4) is 0 Å². The van der Waals surface area contributed by atoms with Gasteiger partial charge in [0.2, 0.25) is 10.0 Å². The van der Waals surface area contributed by atoms with Gasteiger partial charge in [-0.3, -0.25) is 0 Å². The SMILES string of the molecule is C=C1CCC2C(CNS(C)(=O)=O)C(C3(C)CCC(O)C(CO)C3CO)CCC12C. The fraction of sp³-hybridized carbons (Fsp3) is 0.909. The van der Waals surface area contributed by atoms with Crippen LogP contribution in [0.1, 0.15) is 52.4 Å². The van der Waals surface area contributed by atoms with E-state index >= 15 is 0 Å². The molecule has 3 aliphatic rings. The van der Waals surface area contributed by atoms with Crippen molar-refractivity contribution in [3.8, 4) is 0 Å². The van der Waals surface area contributed by atoms with E-state index in [1.165, 1.54) is 11.8 Å². The van der Waals surface area contributed by atoms with Crippen molar-refractivity contribution in [2.24, 2.45) is 40.4 Å². The van der Waals surface area contributed by atoms with Crippen molar-refractivity contribution in [2.75, 3.05) is 26.0 Å². The van der Waals surface area contributed by atoms with Crippen molar-refractivity contribution in [1.29, 1.82) is 0 Å². The summed E-state index contributed by atoms with van der Waals surface area (Å²) in [5, 5.41) is 30.6. The van der Waals surface area contributed by atoms with Gasteiger partial charge in [-0.15, -0.1) is 0 Å². The van der Waals surface area contributed by atoms with Gasteiger partial charge in [-0.2, -0.15) is 0 Å². The molecule has 3 aliphatic carbocycles. The Hall–Kier alpha value is -0.470. The van der Waals surface area contributed by atoms with Crippen molar-refractivity contribution in [3.05, 3.63) is 12.2 Å². The van der Waals surface area contributed by atoms with E-state index in [4.69, 9.17) is 0 Å². The molecule has 0 amide bonds. The Labute approximate surface area is 175 Å². The van der Waals surface area contributed by atoms with Gasteiger partial charge in [0.1, 0.15) is 0 Å². The van der Waals surface area contributed by atoms with E-state index in [1.807, 2.05) is 0 Å². The van der Waals surface area contributed by atoms with Crippen LogP contribution in [-0.2, 0) is 10.0 Å². The Morgan fingerprint density at radius 1 is 1.07 bits per heavy atom. The average Bonchev–Trinajstić information content (AvgIpc) is 2.95. The smallest absolute Gasteiger partial charge is 0.208 e. The summed E-state index contributed by atoms with van der Waals surface area (Å²) in [7, 11) is -3.30. The number of fused-ring (bicyclic) bond motifs is 1. The molecule has 0 saturated heterocycles. The van der Waals surface area contributed by atoms with Gasteiger partial charge in [0.15, 0.2) is 0 Å². The maximum atomic E-state index is 11.9. The number of aliphatic hydroxyl groups excluding tert-OH is 3. The Morgan fingerprint density at radius 3 is 2.34 bits per heavy atom. The normalized spacial score (nSPS) is 45.9. The second-order valence-corrected chi connectivity index (χ2v) is 12.2. The minimum absolute atomic E-state index is 0.0377. The molecule has 0 bridgehead atoms. The third-order valence-electron chi connectivity index (χ3n) is 9.06. The first-order valence-electron chi connectivity index (χ1n) is 11.0. The summed E-state index contributed by atoms with van der Waals surface area (Å²) in [5.74, 6) is 0.194. The number of allylic oxidation sites excluding steroid dienone is 1. The molecular weight excluding hydrogens is 390 g/mol. The van der Waals surface area contributed by atoms with Crippen molar-refractivity contribution >= 4 is 10.0 Å². The first-order valence-corrected chi connectivity index (χ1v) is 12.9. The molecule has 0 spiro atoms. The fourth-order valence-corrected chi connectivity index (χ4v) is 7.71. The molecule has 6 nitrogen and oxygen atoms in total. The summed E-state index contributed by atoms with van der Waals surface area (Å²) >= 11 is 0. The highest BCUT2D eigenvalue weighted by Gasteiger charge is 2.58. The zero-order valence-electron chi connectivity index (χ0n) is 18.1. The van der Waals surface area contributed by atoms with Crippen LogP contribution in [0.5, 0.6) is 0 Å². The van der Waals surface area contributed by atoms with Crippen LogP contribution < -0.4 is 4.72 Å². The molecule has 8 atom stereocenters. The van der Waals surface area contributed by atoms with Crippen molar-refractivity contribution in [1.82, 2.24) is 4.72 Å². The predicted molar refractivity (Wildman–Crippen MR) is 114 cm³/mol. The van der Waals surface area contributed by atoms with Crippen LogP contribution in [0, 0.1) is 40.4 Å². The molecule has 3 saturated carbocycles. The van der Waals surface area contributed by atoms with Gasteiger partial charge < -0.3 is 15.3 Å². The van der Waals surface area contributed by atoms with Crippen LogP contribution in [0.15, 0.2) is 12.2 Å². The van der Waals surface area contributed by atoms with E-state index < -0.39 is 16.1 Å². The van der Waals surface area contributed by atoms with E-state index in [0.717, 1.165) is 32.1 Å². The van der Waals surface area contributed by atoms with Crippen LogP contribution in [0.2, 0.25) is 0 Å². The Balaban J connectivity index is 1.97. The highest BCUT2D eigenvalue weighted by atomic mass is 32.2. The molecule has 0 radical (unpaired) electrons. The van der Waals surface area contributed by atoms with Crippen molar-refractivity contribution < 1.29 is 23.7 Å². The predicted octanol–water partition coefficient (Wildman–Crippen LogP) is 1.91. The van der Waals surface area contributed by atoms with E-state index in [1.54, 1.807) is 0 Å². The van der Waals surface area contributed by atoms with Crippen molar-refractivity contribution in [3.63, 3.8) is 0 Å². The summed E-state index contributed by atoms with van der Waals surface area (Å²) in [6.45, 7) is 8.99. The molecule has 0 aromatic rings. The lowest BCUT2D eigenvalue weighted by atomic mass is 9.48. The summed E-state index contributed by atoms with van der Waals surface area (Å²) in [6, 6.07) is 0. The average molecular weight is 430 g/mol. The van der Waals surface area contributed by atoms with E-state index in [0.29, 0.717) is 18.9 Å². The van der Waals surface area contributed by atoms with Crippen LogP contribution in [0.25, 0.3) is 0 Å². The van der Waals surface area contributed by atoms with E-state index in [-0.39, 0.29) is 47.7 Å². The number of nitrogens with one attached hydrogen (secondary N) is 1. The lowest BCUT2D eigenvalue weighted by Crippen LogP contribution is -2.56. The highest BCUT2D eigenvalue weighted by Crippen LogP contribution is 2.63. The number of hydrogen-bond acceptors (Lipinski definition) is 5. The van der Waals surface area contributed by atoms with Crippen LogP contribution >= 0.6 is 0 Å². The Morgan fingerprint density at radius 2 is 1.76 bits per heavy atom. The van der Waals surface area contributed by atoms with Gasteiger partial charge in [0, 0.05) is 25.7 Å². The highest BCUT2D eigenvalue weighted by molar-refractivity contribution is 7.88. The third-order valence-corrected chi connectivity index (χ3v) is 9.76. The molecule has 0 aromatic carbocycles. The van der Waals surface area contributed by atoms with Crippen LogP contribution in [-0.4, -0.2) is 55.9 Å². The fourth-order valence-electron chi connectivity index (χ4n) is 7.21. The third kappa shape index (κ3) is 4.05. The monoisotopic (exact) mass is 429 g/mol. The van der Waals surface area contributed by atoms with Gasteiger partial charge in [-0.05, 0) is 73.0 Å². The van der Waals surface area contributed by atoms with Gasteiger partial charge in [-0.25, -0.2) is 13.1 Å². The molecular formula is C22H39NO5S. The molecule has 3 rings (SSSR count). The van der Waals surface area contributed by atoms with Crippen LogP contribution in [0.4, 0.5) is 0 Å². The van der Waals surface area contributed by atoms with Crippen molar-refractivity contribution in [2.45, 2.75) is 58.5 Å². The Bertz CT molecular complexity index is 725. The number of hydrogen-bond donors (Lipinski definition) is 4. The molecule has 0 heterocycles. The molecule has 4 N–H and O–H groups in total. The lowest BCUT2D eigenvalue weighted by molar-refractivity contribution is -0.133. The maximum absolute atomic E-state index is 11.9. The number of rotatable bonds is 6. The van der Waals surface area contributed by atoms with Gasteiger partial charge >= 0.3 is 0 Å². The standard InChI is InChI=1S/C22H39NO5S/c1-14-5-6-17-15(11-23-29(4,27)28)18(7-9-21(14,17)2)22(3)10-8-20(26)16(12-24)19(22)13-25/h15-20,23-26H,1,5-13H2,2-4H3. The molecule has 0 aliphatic heterocycles. The molecule has 3 fully saturated rings. The summed E-state index contributed by atoms with van der Waals surface area (Å²) in [5.41, 5.74) is 1.06. The van der Waals surface area contributed by atoms with Gasteiger partial charge in [0.25, 0.3) is 0 Å². The molecule has 0 aromatic heterocycles. The second kappa shape index (κ2) is 8.23. The summed E-state index contributed by atoms with van der Waals surface area (Å²) < 4.78 is 26.6. The number of sulfonamides is 1. The summed E-state index contributed by atoms with van der Waals surface area (Å²) in [4.78, 5) is 0. The van der Waals surface area contributed by atoms with Gasteiger partial charge in [0.05, 0.1) is 12.4 Å². The molecule has 7 heteroatoms. The number of aliphatic hydroxyl groups is 3. The largest absolute Gasteiger partial charge is 0.396 e. The minimum atomic E-state index is -3.30. The van der Waals surface area contributed by atoms with Gasteiger partial charge in [-0.1, -0.05) is 26.0 Å². The summed E-state index contributed by atoms with van der Waals surface area (Å²) in [6.07, 6.45) is 5.97. The van der Waals surface area contributed by atoms with E-state index in [2.05, 4.69) is 25.1 Å².